The lowest BCUT2D eigenvalue weighted by Crippen LogP contribution is -2.49. The molecule has 152 valence electrons. The Morgan fingerprint density at radius 1 is 1.03 bits per heavy atom. The van der Waals surface area contributed by atoms with Gasteiger partial charge in [-0.25, -0.2) is 0 Å². The van der Waals surface area contributed by atoms with Gasteiger partial charge in [0.2, 0.25) is 5.91 Å². The van der Waals surface area contributed by atoms with Crippen LogP contribution in [0.4, 0.5) is 5.69 Å². The largest absolute Gasteiger partial charge is 0.490 e. The lowest BCUT2D eigenvalue weighted by Gasteiger charge is -2.36. The molecule has 0 radical (unpaired) electrons. The molecule has 0 aliphatic carbocycles. The fourth-order valence-electron chi connectivity index (χ4n) is 4.02. The molecule has 0 unspecified atom stereocenters. The molecule has 0 aromatic heterocycles. The van der Waals surface area contributed by atoms with Crippen LogP contribution < -0.4 is 15.0 Å². The molecular formula is C23H27N3O3. The molecule has 1 saturated heterocycles. The van der Waals surface area contributed by atoms with Crippen molar-refractivity contribution in [3.8, 4) is 5.75 Å². The fourth-order valence-corrected chi connectivity index (χ4v) is 4.02. The van der Waals surface area contributed by atoms with Gasteiger partial charge in [-0.2, -0.15) is 0 Å². The second-order valence-electron chi connectivity index (χ2n) is 7.68. The quantitative estimate of drug-likeness (QED) is 0.868. The summed E-state index contributed by atoms with van der Waals surface area (Å²) < 4.78 is 5.67. The topological polar surface area (TPSA) is 61.9 Å². The number of hydrogen-bond acceptors (Lipinski definition) is 4. The molecule has 2 aromatic rings. The van der Waals surface area contributed by atoms with Crippen LogP contribution in [-0.2, 0) is 4.79 Å². The minimum Gasteiger partial charge on any atom is -0.490 e. The first-order valence-corrected chi connectivity index (χ1v) is 10.2. The third-order valence-electron chi connectivity index (χ3n) is 5.72. The molecule has 6 nitrogen and oxygen atoms in total. The molecule has 6 heteroatoms. The van der Waals surface area contributed by atoms with Crippen LogP contribution in [0, 0.1) is 6.92 Å². The Labute approximate surface area is 171 Å². The highest BCUT2D eigenvalue weighted by atomic mass is 16.5. The molecule has 4 rings (SSSR count). The highest BCUT2D eigenvalue weighted by Crippen LogP contribution is 2.30. The van der Waals surface area contributed by atoms with Crippen LogP contribution in [0.1, 0.15) is 28.8 Å². The zero-order chi connectivity index (χ0) is 20.2. The van der Waals surface area contributed by atoms with Crippen molar-refractivity contribution in [2.75, 3.05) is 37.7 Å². The van der Waals surface area contributed by atoms with Crippen LogP contribution in [0.25, 0.3) is 0 Å². The average Bonchev–Trinajstić information content (AvgIpc) is 2.75. The lowest BCUT2D eigenvalue weighted by atomic mass is 10.0. The summed E-state index contributed by atoms with van der Waals surface area (Å²) in [6.07, 6.45) is 1.56. The molecule has 1 N–H and O–H groups in total. The summed E-state index contributed by atoms with van der Waals surface area (Å²) in [5.74, 6) is 0.937. The van der Waals surface area contributed by atoms with E-state index in [0.29, 0.717) is 32.8 Å². The number of anilines is 1. The zero-order valence-corrected chi connectivity index (χ0v) is 16.8. The zero-order valence-electron chi connectivity index (χ0n) is 16.8. The Bertz CT molecular complexity index is 890. The molecule has 2 aromatic carbocycles. The van der Waals surface area contributed by atoms with Crippen LogP contribution >= 0.6 is 0 Å². The van der Waals surface area contributed by atoms with Crippen molar-refractivity contribution in [3.05, 3.63) is 59.7 Å². The summed E-state index contributed by atoms with van der Waals surface area (Å²) in [7, 11) is 0. The van der Waals surface area contributed by atoms with Crippen LogP contribution in [0.5, 0.6) is 5.75 Å². The van der Waals surface area contributed by atoms with Gasteiger partial charge < -0.3 is 19.9 Å². The average molecular weight is 393 g/mol. The Morgan fingerprint density at radius 3 is 2.55 bits per heavy atom. The fraction of sp³-hybridized carbons (Fsp3) is 0.391. The van der Waals surface area contributed by atoms with Crippen LogP contribution in [0.3, 0.4) is 0 Å². The smallest absolute Gasteiger partial charge is 0.251 e. The number of nitrogens with zero attached hydrogens (tertiary/aromatic N) is 2. The van der Waals surface area contributed by atoms with Crippen molar-refractivity contribution in [1.82, 2.24) is 10.2 Å². The van der Waals surface area contributed by atoms with Crippen molar-refractivity contribution in [2.45, 2.75) is 25.8 Å². The number of hydrogen-bond donors (Lipinski definition) is 1. The Kier molecular flexibility index (Phi) is 5.69. The summed E-state index contributed by atoms with van der Waals surface area (Å²) in [5, 5.41) is 3.13. The van der Waals surface area contributed by atoms with Crippen molar-refractivity contribution in [2.24, 2.45) is 0 Å². The Balaban J connectivity index is 1.29. The monoisotopic (exact) mass is 393 g/mol. The van der Waals surface area contributed by atoms with Crippen molar-refractivity contribution < 1.29 is 14.3 Å². The maximum absolute atomic E-state index is 12.8. The number of carbonyl (C=O) groups is 2. The molecule has 0 spiro atoms. The number of para-hydroxylation sites is 2. The predicted molar refractivity (Wildman–Crippen MR) is 112 cm³/mol. The number of piperidine rings is 1. The molecule has 2 amide bonds. The van der Waals surface area contributed by atoms with E-state index in [4.69, 9.17) is 4.74 Å². The van der Waals surface area contributed by atoms with Gasteiger partial charge in [0.05, 0.1) is 18.8 Å². The number of likely N-dealkylation sites (tertiary alicyclic amines) is 1. The van der Waals surface area contributed by atoms with Crippen LogP contribution in [0.2, 0.25) is 0 Å². The molecule has 1 fully saturated rings. The minimum atomic E-state index is -0.0298. The van der Waals surface area contributed by atoms with E-state index in [1.165, 1.54) is 0 Å². The molecule has 2 aliphatic rings. The molecular weight excluding hydrogens is 366 g/mol. The highest BCUT2D eigenvalue weighted by Gasteiger charge is 2.27. The van der Waals surface area contributed by atoms with Gasteiger partial charge >= 0.3 is 0 Å². The Morgan fingerprint density at radius 2 is 1.76 bits per heavy atom. The van der Waals surface area contributed by atoms with Crippen molar-refractivity contribution in [3.63, 3.8) is 0 Å². The summed E-state index contributed by atoms with van der Waals surface area (Å²) in [6, 6.07) is 15.6. The number of amides is 2. The van der Waals surface area contributed by atoms with Crippen molar-refractivity contribution in [1.29, 1.82) is 0 Å². The number of benzene rings is 2. The second-order valence-corrected chi connectivity index (χ2v) is 7.68. The molecule has 29 heavy (non-hydrogen) atoms. The third-order valence-corrected chi connectivity index (χ3v) is 5.72. The van der Waals surface area contributed by atoms with Gasteiger partial charge in [-0.3, -0.25) is 9.59 Å². The number of ether oxygens (including phenoxy) is 1. The molecule has 0 atom stereocenters. The second kappa shape index (κ2) is 8.55. The van der Waals surface area contributed by atoms with Crippen molar-refractivity contribution >= 4 is 17.5 Å². The normalized spacial score (nSPS) is 16.7. The van der Waals surface area contributed by atoms with E-state index in [1.54, 1.807) is 0 Å². The molecule has 0 saturated carbocycles. The first kappa shape index (κ1) is 19.3. The SMILES string of the molecule is Cc1ccccc1C(=O)NC1CCN(C(=O)CN2CCOc3ccccc32)CC1. The summed E-state index contributed by atoms with van der Waals surface area (Å²) in [6.45, 7) is 4.96. The first-order chi connectivity index (χ1) is 14.1. The maximum Gasteiger partial charge on any atom is 0.251 e. The molecule has 0 bridgehead atoms. The van der Waals surface area contributed by atoms with E-state index in [1.807, 2.05) is 60.4 Å². The van der Waals surface area contributed by atoms with Gasteiger partial charge in [-0.05, 0) is 43.5 Å². The highest BCUT2D eigenvalue weighted by molar-refractivity contribution is 5.95. The molecule has 2 aliphatic heterocycles. The first-order valence-electron chi connectivity index (χ1n) is 10.2. The van der Waals surface area contributed by atoms with E-state index >= 15 is 0 Å². The van der Waals surface area contributed by atoms with E-state index in [9.17, 15) is 9.59 Å². The predicted octanol–water partition coefficient (Wildman–Crippen LogP) is 2.61. The number of rotatable bonds is 4. The number of nitrogens with one attached hydrogen (secondary N) is 1. The van der Waals surface area contributed by atoms with E-state index in [2.05, 4.69) is 10.2 Å². The number of aryl methyl sites for hydroxylation is 1. The minimum absolute atomic E-state index is 0.0298. The summed E-state index contributed by atoms with van der Waals surface area (Å²) >= 11 is 0. The van der Waals surface area contributed by atoms with Gasteiger partial charge in [-0.15, -0.1) is 0 Å². The van der Waals surface area contributed by atoms with Crippen LogP contribution in [-0.4, -0.2) is 55.5 Å². The molecule has 2 heterocycles. The number of fused-ring (bicyclic) bond motifs is 1. The van der Waals surface area contributed by atoms with Gasteiger partial charge in [0.15, 0.2) is 0 Å². The third kappa shape index (κ3) is 4.36. The standard InChI is InChI=1S/C23H27N3O3/c1-17-6-2-3-7-19(17)23(28)24-18-10-12-25(13-11-18)22(27)16-26-14-15-29-21-9-5-4-8-20(21)26/h2-9,18H,10-16H2,1H3,(H,24,28). The van der Waals surface area contributed by atoms with E-state index in [0.717, 1.165) is 35.4 Å². The summed E-state index contributed by atoms with van der Waals surface area (Å²) in [4.78, 5) is 29.3. The number of carbonyl (C=O) groups excluding carboxylic acids is 2. The van der Waals surface area contributed by atoms with Crippen LogP contribution in [0.15, 0.2) is 48.5 Å². The van der Waals surface area contributed by atoms with Gasteiger partial charge in [0.1, 0.15) is 12.4 Å². The lowest BCUT2D eigenvalue weighted by molar-refractivity contribution is -0.130. The van der Waals surface area contributed by atoms with Gasteiger partial charge in [0.25, 0.3) is 5.91 Å². The van der Waals surface area contributed by atoms with Gasteiger partial charge in [0, 0.05) is 24.7 Å². The summed E-state index contributed by atoms with van der Waals surface area (Å²) in [5.41, 5.74) is 2.67. The van der Waals surface area contributed by atoms with E-state index < -0.39 is 0 Å². The van der Waals surface area contributed by atoms with E-state index in [-0.39, 0.29) is 17.9 Å². The Hall–Kier alpha value is -3.02. The van der Waals surface area contributed by atoms with Gasteiger partial charge in [-0.1, -0.05) is 30.3 Å². The maximum atomic E-state index is 12.8.